The predicted molar refractivity (Wildman–Crippen MR) is 76.5 cm³/mol. The Labute approximate surface area is 113 Å². The zero-order chi connectivity index (χ0) is 13.8. The number of aryl methyl sites for hydroxylation is 1. The summed E-state index contributed by atoms with van der Waals surface area (Å²) < 4.78 is 1.97. The van der Waals surface area contributed by atoms with Crippen molar-refractivity contribution in [2.45, 2.75) is 33.7 Å². The monoisotopic (exact) mass is 262 g/mol. The highest BCUT2D eigenvalue weighted by Crippen LogP contribution is 2.16. The van der Waals surface area contributed by atoms with E-state index in [2.05, 4.69) is 46.2 Å². The number of aromatic nitrogens is 4. The van der Waals surface area contributed by atoms with Crippen LogP contribution in [-0.2, 0) is 0 Å². The zero-order valence-electron chi connectivity index (χ0n) is 12.1. The van der Waals surface area contributed by atoms with Gasteiger partial charge in [-0.2, -0.15) is 0 Å². The van der Waals surface area contributed by atoms with Crippen LogP contribution in [0.2, 0.25) is 0 Å². The predicted octanol–water partition coefficient (Wildman–Crippen LogP) is 1.26. The first-order chi connectivity index (χ1) is 9.13. The Kier molecular flexibility index (Phi) is 4.31. The highest BCUT2D eigenvalue weighted by atomic mass is 15.3. The van der Waals surface area contributed by atoms with Crippen LogP contribution in [-0.4, -0.2) is 45.3 Å². The molecule has 2 aromatic rings. The van der Waals surface area contributed by atoms with Gasteiger partial charge >= 0.3 is 0 Å². The second-order valence-corrected chi connectivity index (χ2v) is 4.88. The van der Waals surface area contributed by atoms with E-state index in [0.717, 1.165) is 36.9 Å². The second kappa shape index (κ2) is 5.97. The van der Waals surface area contributed by atoms with Crippen molar-refractivity contribution in [3.63, 3.8) is 0 Å². The number of likely N-dealkylation sites (N-methyl/N-ethyl adjacent to an activating group) is 1. The van der Waals surface area contributed by atoms with Gasteiger partial charge in [0.1, 0.15) is 5.82 Å². The van der Waals surface area contributed by atoms with Crippen molar-refractivity contribution < 1.29 is 0 Å². The molecule has 0 unspecified atom stereocenters. The number of hydrogen-bond donors (Lipinski definition) is 1. The lowest BCUT2D eigenvalue weighted by Gasteiger charge is -2.22. The lowest BCUT2D eigenvalue weighted by Crippen LogP contribution is -2.35. The Morgan fingerprint density at radius 1 is 1.37 bits per heavy atom. The maximum atomic E-state index is 4.46. The van der Waals surface area contributed by atoms with Crippen molar-refractivity contribution in [3.05, 3.63) is 18.2 Å². The number of nitrogens with one attached hydrogen (secondary N) is 1. The topological polar surface area (TPSA) is 58.4 Å². The summed E-state index contributed by atoms with van der Waals surface area (Å²) >= 11 is 0. The van der Waals surface area contributed by atoms with Gasteiger partial charge in [-0.3, -0.25) is 4.40 Å². The SMILES string of the molecule is CCN(CCNC(C)C)c1nccn2c(C)nnc12. The van der Waals surface area contributed by atoms with Crippen LogP contribution in [0.25, 0.3) is 5.65 Å². The molecule has 2 aromatic heterocycles. The van der Waals surface area contributed by atoms with Crippen LogP contribution in [0, 0.1) is 6.92 Å². The fraction of sp³-hybridized carbons (Fsp3) is 0.615. The molecule has 0 aliphatic carbocycles. The van der Waals surface area contributed by atoms with Crippen LogP contribution in [0.1, 0.15) is 26.6 Å². The van der Waals surface area contributed by atoms with Crippen molar-refractivity contribution in [1.29, 1.82) is 0 Å². The summed E-state index contributed by atoms with van der Waals surface area (Å²) in [4.78, 5) is 6.69. The molecule has 2 rings (SSSR count). The number of fused-ring (bicyclic) bond motifs is 1. The quantitative estimate of drug-likeness (QED) is 0.849. The minimum Gasteiger partial charge on any atom is -0.352 e. The molecule has 104 valence electrons. The Morgan fingerprint density at radius 2 is 2.16 bits per heavy atom. The molecule has 6 heteroatoms. The molecule has 6 nitrogen and oxygen atoms in total. The van der Waals surface area contributed by atoms with E-state index in [1.54, 1.807) is 6.20 Å². The van der Waals surface area contributed by atoms with E-state index in [1.165, 1.54) is 0 Å². The Morgan fingerprint density at radius 3 is 2.84 bits per heavy atom. The molecule has 0 aliphatic rings. The highest BCUT2D eigenvalue weighted by molar-refractivity contribution is 5.63. The smallest absolute Gasteiger partial charge is 0.203 e. The molecule has 0 radical (unpaired) electrons. The van der Waals surface area contributed by atoms with Crippen molar-refractivity contribution in [3.8, 4) is 0 Å². The summed E-state index contributed by atoms with van der Waals surface area (Å²) in [5, 5.41) is 11.8. The Balaban J connectivity index is 2.20. The van der Waals surface area contributed by atoms with Gasteiger partial charge in [-0.25, -0.2) is 4.98 Å². The van der Waals surface area contributed by atoms with Gasteiger partial charge in [0.25, 0.3) is 0 Å². The van der Waals surface area contributed by atoms with Gasteiger partial charge < -0.3 is 10.2 Å². The summed E-state index contributed by atoms with van der Waals surface area (Å²) in [6.45, 7) is 11.1. The van der Waals surface area contributed by atoms with E-state index in [0.29, 0.717) is 6.04 Å². The minimum absolute atomic E-state index is 0.498. The minimum atomic E-state index is 0.498. The van der Waals surface area contributed by atoms with Crippen LogP contribution in [0.15, 0.2) is 12.4 Å². The van der Waals surface area contributed by atoms with Gasteiger partial charge in [0.15, 0.2) is 5.82 Å². The Hall–Kier alpha value is -1.69. The first-order valence-electron chi connectivity index (χ1n) is 6.78. The van der Waals surface area contributed by atoms with Gasteiger partial charge in [0.2, 0.25) is 5.65 Å². The largest absolute Gasteiger partial charge is 0.352 e. The molecule has 0 saturated carbocycles. The fourth-order valence-electron chi connectivity index (χ4n) is 2.05. The van der Waals surface area contributed by atoms with Gasteiger partial charge in [-0.05, 0) is 13.8 Å². The molecule has 0 bridgehead atoms. The maximum Gasteiger partial charge on any atom is 0.203 e. The zero-order valence-corrected chi connectivity index (χ0v) is 12.1. The van der Waals surface area contributed by atoms with E-state index in [4.69, 9.17) is 0 Å². The third-order valence-electron chi connectivity index (χ3n) is 3.09. The molecule has 0 amide bonds. The molecule has 19 heavy (non-hydrogen) atoms. The molecule has 0 atom stereocenters. The van der Waals surface area contributed by atoms with Crippen LogP contribution < -0.4 is 10.2 Å². The highest BCUT2D eigenvalue weighted by Gasteiger charge is 2.13. The average Bonchev–Trinajstić information content (AvgIpc) is 2.77. The normalized spacial score (nSPS) is 11.4. The molecule has 0 aromatic carbocycles. The number of anilines is 1. The van der Waals surface area contributed by atoms with Gasteiger partial charge in [-0.1, -0.05) is 13.8 Å². The van der Waals surface area contributed by atoms with Crippen molar-refractivity contribution >= 4 is 11.5 Å². The summed E-state index contributed by atoms with van der Waals surface area (Å²) in [6.07, 6.45) is 3.70. The lowest BCUT2D eigenvalue weighted by atomic mass is 10.4. The van der Waals surface area contributed by atoms with E-state index in [1.807, 2.05) is 17.5 Å². The van der Waals surface area contributed by atoms with Crippen LogP contribution in [0.3, 0.4) is 0 Å². The van der Waals surface area contributed by atoms with E-state index in [9.17, 15) is 0 Å². The third kappa shape index (κ3) is 3.01. The molecular formula is C13H22N6. The molecular weight excluding hydrogens is 240 g/mol. The number of nitrogens with zero attached hydrogens (tertiary/aromatic N) is 5. The molecule has 0 saturated heterocycles. The first-order valence-corrected chi connectivity index (χ1v) is 6.78. The van der Waals surface area contributed by atoms with Gasteiger partial charge in [0, 0.05) is 38.1 Å². The Bertz CT molecular complexity index is 533. The van der Waals surface area contributed by atoms with E-state index >= 15 is 0 Å². The van der Waals surface area contributed by atoms with Crippen molar-refractivity contribution in [2.24, 2.45) is 0 Å². The van der Waals surface area contributed by atoms with Crippen molar-refractivity contribution in [2.75, 3.05) is 24.5 Å². The van der Waals surface area contributed by atoms with Crippen LogP contribution >= 0.6 is 0 Å². The number of rotatable bonds is 6. The average molecular weight is 262 g/mol. The lowest BCUT2D eigenvalue weighted by molar-refractivity contribution is 0.582. The molecule has 0 spiro atoms. The summed E-state index contributed by atoms with van der Waals surface area (Å²) in [7, 11) is 0. The summed E-state index contributed by atoms with van der Waals surface area (Å²) in [5.41, 5.74) is 0.825. The third-order valence-corrected chi connectivity index (χ3v) is 3.09. The molecule has 2 heterocycles. The summed E-state index contributed by atoms with van der Waals surface area (Å²) in [6, 6.07) is 0.498. The number of hydrogen-bond acceptors (Lipinski definition) is 5. The molecule has 0 fully saturated rings. The maximum absolute atomic E-state index is 4.46. The molecule has 0 aliphatic heterocycles. The second-order valence-electron chi connectivity index (χ2n) is 4.88. The summed E-state index contributed by atoms with van der Waals surface area (Å²) in [5.74, 6) is 1.78. The molecule has 1 N–H and O–H groups in total. The van der Waals surface area contributed by atoms with Crippen molar-refractivity contribution in [1.82, 2.24) is 24.9 Å². The van der Waals surface area contributed by atoms with Gasteiger partial charge in [-0.15, -0.1) is 10.2 Å². The first kappa shape index (κ1) is 13.7. The van der Waals surface area contributed by atoms with E-state index < -0.39 is 0 Å². The fourth-order valence-corrected chi connectivity index (χ4v) is 2.05. The standard InChI is InChI=1S/C13H22N6/c1-5-18(8-6-14-10(2)3)12-13-17-16-11(4)19(13)9-7-15-12/h7,9-10,14H,5-6,8H2,1-4H3. The van der Waals surface area contributed by atoms with Crippen LogP contribution in [0.5, 0.6) is 0 Å². The van der Waals surface area contributed by atoms with Gasteiger partial charge in [0.05, 0.1) is 0 Å². The van der Waals surface area contributed by atoms with Crippen LogP contribution in [0.4, 0.5) is 5.82 Å². The van der Waals surface area contributed by atoms with E-state index in [-0.39, 0.29) is 0 Å².